The van der Waals surface area contributed by atoms with Gasteiger partial charge >= 0.3 is 0 Å². The number of methoxy groups -OCH3 is 1. The summed E-state index contributed by atoms with van der Waals surface area (Å²) in [5.41, 5.74) is 4.65. The quantitative estimate of drug-likeness (QED) is 0.194. The molecule has 2 heterocycles. The van der Waals surface area contributed by atoms with Crippen LogP contribution in [-0.2, 0) is 9.53 Å². The molecular formula is C27H29N3O3S2. The van der Waals surface area contributed by atoms with E-state index in [1.807, 2.05) is 65.5 Å². The van der Waals surface area contributed by atoms with Crippen LogP contribution in [0.5, 0.6) is 5.75 Å². The second kappa shape index (κ2) is 11.7. The molecule has 4 rings (SSSR count). The van der Waals surface area contributed by atoms with E-state index < -0.39 is 0 Å². The van der Waals surface area contributed by atoms with Crippen LogP contribution in [0.2, 0.25) is 0 Å². The minimum absolute atomic E-state index is 0.0745. The van der Waals surface area contributed by atoms with Crippen molar-refractivity contribution >= 4 is 40.3 Å². The first-order chi connectivity index (χ1) is 17.0. The third-order valence-corrected chi connectivity index (χ3v) is 6.96. The Kier molecular flexibility index (Phi) is 8.38. The van der Waals surface area contributed by atoms with E-state index in [0.717, 1.165) is 46.7 Å². The summed E-state index contributed by atoms with van der Waals surface area (Å²) in [5, 5.41) is 4.92. The molecule has 0 radical (unpaired) electrons. The molecule has 1 aliphatic rings. The molecule has 2 aromatic carbocycles. The molecule has 1 fully saturated rings. The Balaban J connectivity index is 1.72. The van der Waals surface area contributed by atoms with Crippen LogP contribution < -0.4 is 4.74 Å². The average Bonchev–Trinajstić information content (AvgIpc) is 3.39. The lowest BCUT2D eigenvalue weighted by atomic mass is 10.0. The van der Waals surface area contributed by atoms with Crippen LogP contribution in [0.1, 0.15) is 30.9 Å². The zero-order chi connectivity index (χ0) is 24.8. The largest absolute Gasteiger partial charge is 0.494 e. The van der Waals surface area contributed by atoms with E-state index in [2.05, 4.69) is 13.8 Å². The molecule has 1 aromatic heterocycles. The van der Waals surface area contributed by atoms with Gasteiger partial charge in [-0.15, -0.1) is 0 Å². The Bertz CT molecular complexity index is 1240. The number of thiocarbonyl (C=S) groups is 1. The predicted octanol–water partition coefficient (Wildman–Crippen LogP) is 5.87. The summed E-state index contributed by atoms with van der Waals surface area (Å²) in [4.78, 5) is 15.4. The molecule has 0 saturated carbocycles. The highest BCUT2D eigenvalue weighted by molar-refractivity contribution is 8.26. The van der Waals surface area contributed by atoms with Gasteiger partial charge in [0.15, 0.2) is 0 Å². The van der Waals surface area contributed by atoms with Crippen molar-refractivity contribution in [2.45, 2.75) is 26.7 Å². The molecular weight excluding hydrogens is 478 g/mol. The molecule has 182 valence electrons. The molecule has 0 unspecified atom stereocenters. The van der Waals surface area contributed by atoms with E-state index in [0.29, 0.717) is 29.0 Å². The molecule has 8 heteroatoms. The molecule has 0 atom stereocenters. The van der Waals surface area contributed by atoms with Gasteiger partial charge in [0.05, 0.1) is 17.2 Å². The number of hydrogen-bond acceptors (Lipinski definition) is 6. The standard InChI is InChI=1S/C27H29N3O3S2/c1-4-14-33-22-11-12-23(19(2)16-22)25-20(18-30(28-25)21-9-6-5-7-10-21)17-24-26(31)29(27(34)35-24)13-8-15-32-3/h5-7,9-12,16-18H,4,8,13-15H2,1-3H3. The summed E-state index contributed by atoms with van der Waals surface area (Å²) >= 11 is 6.82. The molecule has 6 nitrogen and oxygen atoms in total. The first-order valence-electron chi connectivity index (χ1n) is 11.6. The minimum Gasteiger partial charge on any atom is -0.494 e. The van der Waals surface area contributed by atoms with Gasteiger partial charge in [-0.1, -0.05) is 49.1 Å². The van der Waals surface area contributed by atoms with Gasteiger partial charge in [-0.25, -0.2) is 4.68 Å². The van der Waals surface area contributed by atoms with Gasteiger partial charge in [0.25, 0.3) is 5.91 Å². The summed E-state index contributed by atoms with van der Waals surface area (Å²) in [6.07, 6.45) is 5.55. The fourth-order valence-corrected chi connectivity index (χ4v) is 5.13. The van der Waals surface area contributed by atoms with Gasteiger partial charge < -0.3 is 9.47 Å². The predicted molar refractivity (Wildman–Crippen MR) is 146 cm³/mol. The van der Waals surface area contributed by atoms with E-state index in [9.17, 15) is 4.79 Å². The summed E-state index contributed by atoms with van der Waals surface area (Å²) in [7, 11) is 1.65. The Hall–Kier alpha value is -2.94. The molecule has 0 bridgehead atoms. The number of carbonyl (C=O) groups is 1. The first-order valence-corrected chi connectivity index (χ1v) is 12.9. The maximum absolute atomic E-state index is 13.1. The summed E-state index contributed by atoms with van der Waals surface area (Å²) in [6.45, 7) is 5.95. The van der Waals surface area contributed by atoms with Gasteiger partial charge in [0, 0.05) is 37.6 Å². The van der Waals surface area contributed by atoms with Crippen LogP contribution in [-0.4, -0.2) is 51.8 Å². The summed E-state index contributed by atoms with van der Waals surface area (Å²) in [5.74, 6) is 0.767. The lowest BCUT2D eigenvalue weighted by Gasteiger charge is -2.13. The van der Waals surface area contributed by atoms with Crippen molar-refractivity contribution < 1.29 is 14.3 Å². The van der Waals surface area contributed by atoms with Crippen LogP contribution >= 0.6 is 24.0 Å². The lowest BCUT2D eigenvalue weighted by molar-refractivity contribution is -0.122. The molecule has 35 heavy (non-hydrogen) atoms. The lowest BCUT2D eigenvalue weighted by Crippen LogP contribution is -2.29. The normalized spacial score (nSPS) is 14.8. The third-order valence-electron chi connectivity index (χ3n) is 5.58. The van der Waals surface area contributed by atoms with Gasteiger partial charge in [-0.05, 0) is 61.7 Å². The number of carbonyl (C=O) groups excluding carboxylic acids is 1. The number of thioether (sulfide) groups is 1. The van der Waals surface area contributed by atoms with Crippen molar-refractivity contribution in [1.29, 1.82) is 0 Å². The highest BCUT2D eigenvalue weighted by atomic mass is 32.2. The Labute approximate surface area is 215 Å². The Morgan fingerprint density at radius 3 is 2.66 bits per heavy atom. The van der Waals surface area contributed by atoms with Crippen molar-refractivity contribution in [2.24, 2.45) is 0 Å². The van der Waals surface area contributed by atoms with Gasteiger partial charge in [0.1, 0.15) is 15.8 Å². The van der Waals surface area contributed by atoms with Crippen molar-refractivity contribution in [3.8, 4) is 22.7 Å². The maximum Gasteiger partial charge on any atom is 0.266 e. The van der Waals surface area contributed by atoms with E-state index in [1.54, 1.807) is 12.0 Å². The molecule has 0 aliphatic carbocycles. The zero-order valence-electron chi connectivity index (χ0n) is 20.2. The molecule has 0 N–H and O–H groups in total. The number of rotatable bonds is 10. The number of aryl methyl sites for hydroxylation is 1. The second-order valence-electron chi connectivity index (χ2n) is 8.22. The highest BCUT2D eigenvalue weighted by Gasteiger charge is 2.32. The number of amides is 1. The summed E-state index contributed by atoms with van der Waals surface area (Å²) < 4.78 is 13.3. The zero-order valence-corrected chi connectivity index (χ0v) is 21.8. The maximum atomic E-state index is 13.1. The summed E-state index contributed by atoms with van der Waals surface area (Å²) in [6, 6.07) is 16.0. The second-order valence-corrected chi connectivity index (χ2v) is 9.89. The van der Waals surface area contributed by atoms with Crippen LogP contribution in [0, 0.1) is 6.92 Å². The van der Waals surface area contributed by atoms with Crippen molar-refractivity contribution in [3.63, 3.8) is 0 Å². The Morgan fingerprint density at radius 2 is 1.94 bits per heavy atom. The van der Waals surface area contributed by atoms with Crippen molar-refractivity contribution in [2.75, 3.05) is 26.9 Å². The molecule has 3 aromatic rings. The van der Waals surface area contributed by atoms with Crippen LogP contribution in [0.3, 0.4) is 0 Å². The van der Waals surface area contributed by atoms with E-state index in [1.165, 1.54) is 11.8 Å². The SMILES string of the molecule is CCCOc1ccc(-c2nn(-c3ccccc3)cc2C=C2SC(=S)N(CCCOC)C2=O)c(C)c1. The smallest absolute Gasteiger partial charge is 0.266 e. The molecule has 0 spiro atoms. The highest BCUT2D eigenvalue weighted by Crippen LogP contribution is 2.36. The average molecular weight is 508 g/mol. The van der Waals surface area contributed by atoms with E-state index in [-0.39, 0.29) is 5.91 Å². The molecule has 1 amide bonds. The number of aromatic nitrogens is 2. The van der Waals surface area contributed by atoms with Gasteiger partial charge in [-0.2, -0.15) is 5.10 Å². The molecule has 1 aliphatic heterocycles. The van der Waals surface area contributed by atoms with Crippen LogP contribution in [0.15, 0.2) is 59.6 Å². The van der Waals surface area contributed by atoms with Crippen molar-refractivity contribution in [3.05, 3.63) is 70.8 Å². The van der Waals surface area contributed by atoms with Crippen molar-refractivity contribution in [1.82, 2.24) is 14.7 Å². The third kappa shape index (κ3) is 5.83. The minimum atomic E-state index is -0.0745. The topological polar surface area (TPSA) is 56.6 Å². The molecule has 1 saturated heterocycles. The first kappa shape index (κ1) is 25.2. The Morgan fingerprint density at radius 1 is 1.14 bits per heavy atom. The number of nitrogens with zero attached hydrogens (tertiary/aromatic N) is 3. The van der Waals surface area contributed by atoms with Crippen LogP contribution in [0.4, 0.5) is 0 Å². The van der Waals surface area contributed by atoms with Gasteiger partial charge in [0.2, 0.25) is 0 Å². The number of ether oxygens (including phenoxy) is 2. The van der Waals surface area contributed by atoms with Gasteiger partial charge in [-0.3, -0.25) is 9.69 Å². The number of para-hydroxylation sites is 1. The number of hydrogen-bond donors (Lipinski definition) is 0. The van der Waals surface area contributed by atoms with Crippen LogP contribution in [0.25, 0.3) is 23.0 Å². The fourth-order valence-electron chi connectivity index (χ4n) is 3.83. The number of benzene rings is 2. The fraction of sp³-hybridized carbons (Fsp3) is 0.296. The van der Waals surface area contributed by atoms with E-state index >= 15 is 0 Å². The monoisotopic (exact) mass is 507 g/mol. The van der Waals surface area contributed by atoms with E-state index in [4.69, 9.17) is 26.8 Å².